The average Bonchev–Trinajstić information content (AvgIpc) is 2.77. The summed E-state index contributed by atoms with van der Waals surface area (Å²) in [4.78, 5) is 49.6. The van der Waals surface area contributed by atoms with Gasteiger partial charge >= 0.3 is 24.1 Å². The van der Waals surface area contributed by atoms with E-state index < -0.39 is 48.0 Å². The first-order valence-corrected chi connectivity index (χ1v) is 13.6. The van der Waals surface area contributed by atoms with Crippen LogP contribution in [-0.2, 0) is 23.9 Å². The number of esters is 2. The fourth-order valence-electron chi connectivity index (χ4n) is 3.90. The third kappa shape index (κ3) is 11.9. The molecule has 0 saturated carbocycles. The number of ether oxygens (including phenoxy) is 4. The Morgan fingerprint density at radius 3 is 1.80 bits per heavy atom. The van der Waals surface area contributed by atoms with E-state index in [1.54, 1.807) is 26.8 Å². The average molecular weight is 566 g/mol. The van der Waals surface area contributed by atoms with Crippen LogP contribution in [0.2, 0.25) is 0 Å². The van der Waals surface area contributed by atoms with Crippen LogP contribution in [0.25, 0.3) is 0 Å². The van der Waals surface area contributed by atoms with Crippen molar-refractivity contribution in [2.75, 3.05) is 0 Å². The van der Waals surface area contributed by atoms with E-state index in [1.807, 2.05) is 48.5 Å². The topological polar surface area (TPSA) is 151 Å². The molecule has 0 aliphatic rings. The molecule has 0 aliphatic heterocycles. The summed E-state index contributed by atoms with van der Waals surface area (Å²) in [5, 5.41) is 9.79. The van der Waals surface area contributed by atoms with Gasteiger partial charge in [0, 0.05) is 11.8 Å². The van der Waals surface area contributed by atoms with Crippen molar-refractivity contribution < 1.29 is 43.2 Å². The van der Waals surface area contributed by atoms with Gasteiger partial charge in [-0.2, -0.15) is 0 Å². The highest BCUT2D eigenvalue weighted by Crippen LogP contribution is 2.38. The number of hydrogen-bond acceptors (Lipinski definition) is 9. The number of carboxylic acids is 1. The van der Waals surface area contributed by atoms with Crippen LogP contribution in [0.15, 0.2) is 18.2 Å². The fraction of sp³-hybridized carbons (Fsp3) is 0.667. The molecule has 0 radical (unpaired) electrons. The van der Waals surface area contributed by atoms with E-state index in [0.29, 0.717) is 12.0 Å². The normalized spacial score (nSPS) is 15.7. The molecule has 0 bridgehead atoms. The summed E-state index contributed by atoms with van der Waals surface area (Å²) in [6.07, 6.45) is -1.17. The molecule has 10 nitrogen and oxygen atoms in total. The van der Waals surface area contributed by atoms with Crippen LogP contribution in [0.1, 0.15) is 100.0 Å². The molecule has 4 unspecified atom stereocenters. The first-order chi connectivity index (χ1) is 18.2. The molecule has 0 spiro atoms. The minimum atomic E-state index is -1.39. The van der Waals surface area contributed by atoms with Gasteiger partial charge in [0.25, 0.3) is 0 Å². The van der Waals surface area contributed by atoms with Gasteiger partial charge in [-0.05, 0) is 48.8 Å². The van der Waals surface area contributed by atoms with E-state index in [0.717, 1.165) is 0 Å². The Hall–Kier alpha value is -3.14. The SMILES string of the molecule is CCC(C)OC(=O)OC(C)C(C)C(c1ccc(OC(=O)CC(C)(C)C)c(OC(=O)CC(C)(C)C)c1)[C@H](N)C(=O)O. The van der Waals surface area contributed by atoms with Crippen LogP contribution in [0.3, 0.4) is 0 Å². The first kappa shape index (κ1) is 34.9. The maximum absolute atomic E-state index is 12.7. The Morgan fingerprint density at radius 1 is 0.850 bits per heavy atom. The maximum Gasteiger partial charge on any atom is 0.508 e. The summed E-state index contributed by atoms with van der Waals surface area (Å²) >= 11 is 0. The van der Waals surface area contributed by atoms with Crippen LogP contribution in [0.4, 0.5) is 4.79 Å². The molecular weight excluding hydrogens is 518 g/mol. The number of carbonyl (C=O) groups excluding carboxylic acids is 3. The molecular formula is C30H47NO9. The molecule has 0 aromatic heterocycles. The summed E-state index contributed by atoms with van der Waals surface area (Å²) in [5.74, 6) is -3.80. The van der Waals surface area contributed by atoms with Gasteiger partial charge in [0.15, 0.2) is 11.5 Å². The third-order valence-corrected chi connectivity index (χ3v) is 6.28. The van der Waals surface area contributed by atoms with Gasteiger partial charge in [0.05, 0.1) is 12.8 Å². The van der Waals surface area contributed by atoms with Crippen molar-refractivity contribution in [2.45, 2.75) is 113 Å². The summed E-state index contributed by atoms with van der Waals surface area (Å²) in [6.45, 7) is 18.2. The second-order valence-corrected chi connectivity index (χ2v) is 12.8. The number of benzene rings is 1. The molecule has 3 N–H and O–H groups in total. The monoisotopic (exact) mass is 565 g/mol. The summed E-state index contributed by atoms with van der Waals surface area (Å²) < 4.78 is 21.8. The van der Waals surface area contributed by atoms with E-state index >= 15 is 0 Å². The molecule has 40 heavy (non-hydrogen) atoms. The van der Waals surface area contributed by atoms with E-state index in [2.05, 4.69) is 0 Å². The van der Waals surface area contributed by atoms with Crippen molar-refractivity contribution >= 4 is 24.1 Å². The zero-order valence-corrected chi connectivity index (χ0v) is 25.5. The fourth-order valence-corrected chi connectivity index (χ4v) is 3.90. The highest BCUT2D eigenvalue weighted by atomic mass is 16.7. The van der Waals surface area contributed by atoms with Crippen molar-refractivity contribution in [1.29, 1.82) is 0 Å². The molecule has 1 aromatic rings. The second-order valence-electron chi connectivity index (χ2n) is 12.8. The van der Waals surface area contributed by atoms with Gasteiger partial charge < -0.3 is 29.8 Å². The van der Waals surface area contributed by atoms with Crippen LogP contribution in [0.5, 0.6) is 11.5 Å². The van der Waals surface area contributed by atoms with Crippen molar-refractivity contribution in [1.82, 2.24) is 0 Å². The molecule has 226 valence electrons. The van der Waals surface area contributed by atoms with Crippen molar-refractivity contribution in [3.05, 3.63) is 23.8 Å². The molecule has 0 saturated heterocycles. The highest BCUT2D eigenvalue weighted by molar-refractivity contribution is 5.78. The summed E-state index contributed by atoms with van der Waals surface area (Å²) in [6, 6.07) is 3.08. The molecule has 1 rings (SSSR count). The standard InChI is InChI=1S/C30H47NO9/c1-11-17(2)37-28(36)38-19(4)18(3)25(26(31)27(34)35)20-12-13-21(39-23(32)15-29(5,6)7)22(14-20)40-24(33)16-30(8,9)10/h12-14,17-19,25-26H,11,15-16,31H2,1-10H3,(H,34,35)/t17?,18?,19?,25?,26-/m0/s1. The van der Waals surface area contributed by atoms with Crippen LogP contribution < -0.4 is 15.2 Å². The minimum absolute atomic E-state index is 0.0250. The zero-order chi connectivity index (χ0) is 31.0. The molecule has 0 heterocycles. The molecule has 10 heteroatoms. The molecule has 0 amide bonds. The molecule has 0 aliphatic carbocycles. The third-order valence-electron chi connectivity index (χ3n) is 6.28. The van der Waals surface area contributed by atoms with Crippen molar-refractivity contribution in [3.8, 4) is 11.5 Å². The summed E-state index contributed by atoms with van der Waals surface area (Å²) in [5.41, 5.74) is 5.83. The number of carboxylic acid groups (broad SMARTS) is 1. The molecule has 0 fully saturated rings. The van der Waals surface area contributed by atoms with Gasteiger partial charge in [-0.1, -0.05) is 61.5 Å². The largest absolute Gasteiger partial charge is 0.508 e. The summed E-state index contributed by atoms with van der Waals surface area (Å²) in [7, 11) is 0. The number of hydrogen-bond donors (Lipinski definition) is 2. The first-order valence-electron chi connectivity index (χ1n) is 13.6. The molecule has 1 aromatic carbocycles. The van der Waals surface area contributed by atoms with Crippen molar-refractivity contribution in [3.63, 3.8) is 0 Å². The lowest BCUT2D eigenvalue weighted by Gasteiger charge is -2.31. The lowest BCUT2D eigenvalue weighted by atomic mass is 9.79. The van der Waals surface area contributed by atoms with Crippen LogP contribution >= 0.6 is 0 Å². The molecule has 5 atom stereocenters. The number of rotatable bonds is 12. The number of nitrogens with two attached hydrogens (primary N) is 1. The quantitative estimate of drug-likeness (QED) is 0.233. The lowest BCUT2D eigenvalue weighted by molar-refractivity contribution is -0.140. The zero-order valence-electron chi connectivity index (χ0n) is 25.5. The van der Waals surface area contributed by atoms with E-state index in [4.69, 9.17) is 24.7 Å². The van der Waals surface area contributed by atoms with E-state index in [1.165, 1.54) is 12.1 Å². The Labute approximate surface area is 237 Å². The second kappa shape index (κ2) is 14.5. The van der Waals surface area contributed by atoms with Gasteiger partial charge in [0.2, 0.25) is 0 Å². The van der Waals surface area contributed by atoms with E-state index in [-0.39, 0.29) is 41.3 Å². The Morgan fingerprint density at radius 2 is 1.35 bits per heavy atom. The Balaban J connectivity index is 3.47. The smallest absolute Gasteiger partial charge is 0.480 e. The van der Waals surface area contributed by atoms with Gasteiger partial charge in [-0.15, -0.1) is 0 Å². The Kier molecular flexibility index (Phi) is 12.6. The lowest BCUT2D eigenvalue weighted by Crippen LogP contribution is -2.42. The van der Waals surface area contributed by atoms with Crippen molar-refractivity contribution in [2.24, 2.45) is 22.5 Å². The number of aliphatic carboxylic acids is 1. The van der Waals surface area contributed by atoms with Crippen LogP contribution in [-0.4, -0.2) is 47.4 Å². The maximum atomic E-state index is 12.7. The van der Waals surface area contributed by atoms with Crippen LogP contribution in [0, 0.1) is 16.7 Å². The predicted octanol–water partition coefficient (Wildman–Crippen LogP) is 5.84. The van der Waals surface area contributed by atoms with Gasteiger partial charge in [-0.25, -0.2) is 4.79 Å². The van der Waals surface area contributed by atoms with Gasteiger partial charge in [-0.3, -0.25) is 14.4 Å². The van der Waals surface area contributed by atoms with E-state index in [9.17, 15) is 24.3 Å². The Bertz CT molecular complexity index is 1040. The number of carbonyl (C=O) groups is 4. The highest BCUT2D eigenvalue weighted by Gasteiger charge is 2.36. The predicted molar refractivity (Wildman–Crippen MR) is 150 cm³/mol. The minimum Gasteiger partial charge on any atom is -0.480 e. The van der Waals surface area contributed by atoms with Gasteiger partial charge in [0.1, 0.15) is 18.2 Å².